The Labute approximate surface area is 158 Å². The maximum atomic E-state index is 13.5. The number of hydrogen-bond donors (Lipinski definition) is 2. The van der Waals surface area contributed by atoms with Crippen LogP contribution in [0.3, 0.4) is 0 Å². The Hall–Kier alpha value is -2.45. The van der Waals surface area contributed by atoms with Gasteiger partial charge in [-0.05, 0) is 30.7 Å². The van der Waals surface area contributed by atoms with E-state index in [0.717, 1.165) is 20.3 Å². The predicted molar refractivity (Wildman–Crippen MR) is 102 cm³/mol. The molecule has 1 heterocycles. The lowest BCUT2D eigenvalue weighted by Gasteiger charge is -2.07. The van der Waals surface area contributed by atoms with E-state index >= 15 is 0 Å². The van der Waals surface area contributed by atoms with Gasteiger partial charge in [0, 0.05) is 12.2 Å². The van der Waals surface area contributed by atoms with E-state index in [1.165, 1.54) is 18.2 Å². The molecule has 2 N–H and O–H groups in total. The molecule has 26 heavy (non-hydrogen) atoms. The zero-order valence-electron chi connectivity index (χ0n) is 13.7. The van der Waals surface area contributed by atoms with Crippen LogP contribution in [0, 0.1) is 5.82 Å². The van der Waals surface area contributed by atoms with Gasteiger partial charge in [0.05, 0.1) is 15.8 Å². The monoisotopic (exact) mass is 389 g/mol. The highest BCUT2D eigenvalue weighted by Gasteiger charge is 2.11. The van der Waals surface area contributed by atoms with Crippen LogP contribution in [0.5, 0.6) is 0 Å². The third kappa shape index (κ3) is 4.80. The van der Waals surface area contributed by atoms with E-state index in [4.69, 9.17) is 0 Å². The van der Waals surface area contributed by atoms with Crippen LogP contribution in [-0.2, 0) is 4.79 Å². The first-order valence-electron chi connectivity index (χ1n) is 7.95. The summed E-state index contributed by atoms with van der Waals surface area (Å²) in [5.41, 5.74) is 5.39. The van der Waals surface area contributed by atoms with Crippen LogP contribution < -0.4 is 10.9 Å². The second-order valence-electron chi connectivity index (χ2n) is 5.38. The molecule has 0 aliphatic carbocycles. The number of carbonyl (C=O) groups is 2. The fourth-order valence-electron chi connectivity index (χ4n) is 2.21. The van der Waals surface area contributed by atoms with Gasteiger partial charge in [-0.25, -0.2) is 9.37 Å². The number of halogens is 1. The second kappa shape index (κ2) is 8.77. The van der Waals surface area contributed by atoms with Gasteiger partial charge in [0.1, 0.15) is 5.82 Å². The van der Waals surface area contributed by atoms with Gasteiger partial charge in [0.25, 0.3) is 5.91 Å². The van der Waals surface area contributed by atoms with Crippen molar-refractivity contribution in [2.45, 2.75) is 17.2 Å². The summed E-state index contributed by atoms with van der Waals surface area (Å²) in [5.74, 6) is -0.888. The topological polar surface area (TPSA) is 71.1 Å². The number of rotatable bonds is 6. The van der Waals surface area contributed by atoms with E-state index in [9.17, 15) is 14.0 Å². The van der Waals surface area contributed by atoms with Crippen molar-refractivity contribution in [3.05, 3.63) is 59.9 Å². The van der Waals surface area contributed by atoms with Crippen molar-refractivity contribution in [1.82, 2.24) is 15.8 Å². The average Bonchev–Trinajstić information content (AvgIpc) is 3.06. The Bertz CT molecular complexity index is 896. The van der Waals surface area contributed by atoms with Crippen LogP contribution in [-0.4, -0.2) is 22.6 Å². The molecule has 0 aliphatic rings. The summed E-state index contributed by atoms with van der Waals surface area (Å²) in [6.07, 6.45) is 0.900. The van der Waals surface area contributed by atoms with Crippen LogP contribution in [0.25, 0.3) is 10.2 Å². The SMILES string of the molecule is O=C(CCCSc1nc2ccccc2s1)NNC(=O)c1ccccc1F. The first-order valence-corrected chi connectivity index (χ1v) is 9.76. The third-order valence-corrected chi connectivity index (χ3v) is 5.75. The van der Waals surface area contributed by atoms with E-state index in [0.29, 0.717) is 6.42 Å². The number of nitrogens with zero attached hydrogens (tertiary/aromatic N) is 1. The summed E-state index contributed by atoms with van der Waals surface area (Å²) < 4.78 is 15.6. The van der Waals surface area contributed by atoms with Crippen molar-refractivity contribution < 1.29 is 14.0 Å². The highest BCUT2D eigenvalue weighted by atomic mass is 32.2. The standard InChI is InChI=1S/C18H16FN3O2S2/c19-13-7-2-1-6-12(13)17(24)22-21-16(23)10-5-11-25-18-20-14-8-3-4-9-15(14)26-18/h1-4,6-9H,5,10-11H2,(H,21,23)(H,22,24). The van der Waals surface area contributed by atoms with Gasteiger partial charge in [0.15, 0.2) is 4.34 Å². The number of aromatic nitrogens is 1. The predicted octanol–water partition coefficient (Wildman–Crippen LogP) is 3.77. The Kier molecular flexibility index (Phi) is 6.19. The summed E-state index contributed by atoms with van der Waals surface area (Å²) in [5, 5.41) is 0. The fraction of sp³-hybridized carbons (Fsp3) is 0.167. The third-order valence-electron chi connectivity index (χ3n) is 3.48. The minimum atomic E-state index is -0.680. The minimum absolute atomic E-state index is 0.112. The van der Waals surface area contributed by atoms with Gasteiger partial charge in [0.2, 0.25) is 5.91 Å². The Morgan fingerprint density at radius 2 is 1.85 bits per heavy atom. The lowest BCUT2D eigenvalue weighted by Crippen LogP contribution is -2.41. The van der Waals surface area contributed by atoms with Crippen LogP contribution in [0.15, 0.2) is 52.9 Å². The molecule has 1 aromatic heterocycles. The van der Waals surface area contributed by atoms with E-state index in [1.54, 1.807) is 29.2 Å². The first kappa shape index (κ1) is 18.3. The number of para-hydroxylation sites is 1. The van der Waals surface area contributed by atoms with Crippen molar-refractivity contribution >= 4 is 45.1 Å². The van der Waals surface area contributed by atoms with Gasteiger partial charge < -0.3 is 0 Å². The number of benzene rings is 2. The minimum Gasteiger partial charge on any atom is -0.273 e. The van der Waals surface area contributed by atoms with Crippen molar-refractivity contribution in [1.29, 1.82) is 0 Å². The van der Waals surface area contributed by atoms with Crippen LogP contribution in [0.2, 0.25) is 0 Å². The Morgan fingerprint density at radius 1 is 1.08 bits per heavy atom. The number of thioether (sulfide) groups is 1. The molecule has 0 radical (unpaired) electrons. The summed E-state index contributed by atoms with van der Waals surface area (Å²) in [4.78, 5) is 28.1. The Morgan fingerprint density at radius 3 is 2.65 bits per heavy atom. The molecule has 134 valence electrons. The van der Waals surface area contributed by atoms with Gasteiger partial charge in [-0.3, -0.25) is 20.4 Å². The molecule has 0 saturated carbocycles. The maximum absolute atomic E-state index is 13.5. The largest absolute Gasteiger partial charge is 0.273 e. The molecule has 8 heteroatoms. The summed E-state index contributed by atoms with van der Waals surface area (Å²) >= 11 is 3.23. The summed E-state index contributed by atoms with van der Waals surface area (Å²) in [6, 6.07) is 13.5. The highest BCUT2D eigenvalue weighted by Crippen LogP contribution is 2.29. The quantitative estimate of drug-likeness (QED) is 0.382. The molecular formula is C18H16FN3O2S2. The van der Waals surface area contributed by atoms with Crippen LogP contribution in [0.4, 0.5) is 4.39 Å². The Balaban J connectivity index is 1.37. The molecule has 5 nitrogen and oxygen atoms in total. The molecule has 2 aromatic carbocycles. The number of carbonyl (C=O) groups excluding carboxylic acids is 2. The van der Waals surface area contributed by atoms with E-state index in [2.05, 4.69) is 15.8 Å². The molecular weight excluding hydrogens is 373 g/mol. The average molecular weight is 389 g/mol. The molecule has 0 atom stereocenters. The normalized spacial score (nSPS) is 10.7. The maximum Gasteiger partial charge on any atom is 0.272 e. The molecule has 2 amide bonds. The van der Waals surface area contributed by atoms with Gasteiger partial charge in [-0.15, -0.1) is 11.3 Å². The van der Waals surface area contributed by atoms with Crippen molar-refractivity contribution in [3.63, 3.8) is 0 Å². The highest BCUT2D eigenvalue weighted by molar-refractivity contribution is 8.01. The number of hydrazine groups is 1. The van der Waals surface area contributed by atoms with E-state index in [1.807, 2.05) is 24.3 Å². The van der Waals surface area contributed by atoms with E-state index < -0.39 is 11.7 Å². The van der Waals surface area contributed by atoms with Crippen molar-refractivity contribution in [2.24, 2.45) is 0 Å². The fourth-order valence-corrected chi connectivity index (χ4v) is 4.28. The second-order valence-corrected chi connectivity index (χ2v) is 7.75. The molecule has 3 aromatic rings. The van der Waals surface area contributed by atoms with Crippen molar-refractivity contribution in [2.75, 3.05) is 5.75 Å². The van der Waals surface area contributed by atoms with Crippen molar-refractivity contribution in [3.8, 4) is 0 Å². The number of fused-ring (bicyclic) bond motifs is 1. The smallest absolute Gasteiger partial charge is 0.272 e. The molecule has 0 saturated heterocycles. The molecule has 0 spiro atoms. The summed E-state index contributed by atoms with van der Waals surface area (Å²) in [7, 11) is 0. The number of hydrogen-bond acceptors (Lipinski definition) is 5. The number of thiazole rings is 1. The van der Waals surface area contributed by atoms with Gasteiger partial charge in [-0.2, -0.15) is 0 Å². The zero-order valence-corrected chi connectivity index (χ0v) is 15.3. The molecule has 0 aliphatic heterocycles. The molecule has 0 fully saturated rings. The lowest BCUT2D eigenvalue weighted by atomic mass is 10.2. The first-order chi connectivity index (χ1) is 12.6. The molecule has 3 rings (SSSR count). The number of amides is 2. The van der Waals surface area contributed by atoms with Crippen LogP contribution in [0.1, 0.15) is 23.2 Å². The van der Waals surface area contributed by atoms with E-state index in [-0.39, 0.29) is 17.9 Å². The summed E-state index contributed by atoms with van der Waals surface area (Å²) in [6.45, 7) is 0. The van der Waals surface area contributed by atoms with Gasteiger partial charge in [-0.1, -0.05) is 36.0 Å². The number of nitrogens with one attached hydrogen (secondary N) is 2. The molecule has 0 bridgehead atoms. The van der Waals surface area contributed by atoms with Crippen LogP contribution >= 0.6 is 23.1 Å². The van der Waals surface area contributed by atoms with Gasteiger partial charge >= 0.3 is 0 Å². The molecule has 0 unspecified atom stereocenters. The lowest BCUT2D eigenvalue weighted by molar-refractivity contribution is -0.121. The zero-order chi connectivity index (χ0) is 18.4.